The van der Waals surface area contributed by atoms with Gasteiger partial charge in [-0.05, 0) is 55.0 Å². The number of nitro groups is 1. The summed E-state index contributed by atoms with van der Waals surface area (Å²) >= 11 is 0. The van der Waals surface area contributed by atoms with E-state index in [1.54, 1.807) is 42.5 Å². The molecule has 0 aliphatic rings. The van der Waals surface area contributed by atoms with Crippen molar-refractivity contribution in [2.24, 2.45) is 5.10 Å². The molecule has 3 aromatic rings. The van der Waals surface area contributed by atoms with Crippen LogP contribution in [0.2, 0.25) is 0 Å². The zero-order valence-corrected chi connectivity index (χ0v) is 17.1. The number of nitrogens with one attached hydrogen (secondary N) is 1. The number of nitro benzene ring substituents is 1. The van der Waals surface area contributed by atoms with Gasteiger partial charge in [0.05, 0.1) is 11.1 Å². The van der Waals surface area contributed by atoms with Gasteiger partial charge in [0.1, 0.15) is 10.6 Å². The van der Waals surface area contributed by atoms with E-state index >= 15 is 0 Å². The largest absolute Gasteiger partial charge is 0.379 e. The molecular formula is C21H17N3O6S. The second kappa shape index (κ2) is 9.18. The average Bonchev–Trinajstić information content (AvgIpc) is 2.75. The maximum absolute atomic E-state index is 12.4. The Balaban J connectivity index is 1.67. The van der Waals surface area contributed by atoms with Gasteiger partial charge in [-0.15, -0.1) is 0 Å². The molecule has 0 saturated heterocycles. The number of carbonyl (C=O) groups is 1. The van der Waals surface area contributed by atoms with Crippen molar-refractivity contribution in [2.75, 3.05) is 0 Å². The maximum Gasteiger partial charge on any atom is 0.339 e. The minimum atomic E-state index is -4.25. The lowest BCUT2D eigenvalue weighted by Gasteiger charge is -2.08. The highest BCUT2D eigenvalue weighted by atomic mass is 32.2. The molecule has 3 aromatic carbocycles. The van der Waals surface area contributed by atoms with Crippen molar-refractivity contribution in [1.29, 1.82) is 0 Å². The topological polar surface area (TPSA) is 128 Å². The molecule has 31 heavy (non-hydrogen) atoms. The molecule has 1 N–H and O–H groups in total. The van der Waals surface area contributed by atoms with Gasteiger partial charge in [0.15, 0.2) is 0 Å². The predicted octanol–water partition coefficient (Wildman–Crippen LogP) is 3.43. The molecule has 0 atom stereocenters. The summed E-state index contributed by atoms with van der Waals surface area (Å²) in [4.78, 5) is 22.0. The van der Waals surface area contributed by atoms with Crippen LogP contribution in [0.5, 0.6) is 5.75 Å². The number of rotatable bonds is 7. The van der Waals surface area contributed by atoms with Crippen LogP contribution in [-0.4, -0.2) is 25.5 Å². The number of carbonyl (C=O) groups excluding carboxylic acids is 1. The van der Waals surface area contributed by atoms with Gasteiger partial charge in [0.2, 0.25) is 0 Å². The van der Waals surface area contributed by atoms with Crippen molar-refractivity contribution >= 4 is 27.9 Å². The zero-order chi connectivity index (χ0) is 22.4. The molecule has 0 aromatic heterocycles. The molecule has 10 heteroatoms. The fourth-order valence-corrected chi connectivity index (χ4v) is 3.50. The van der Waals surface area contributed by atoms with Crippen molar-refractivity contribution < 1.29 is 22.3 Å². The van der Waals surface area contributed by atoms with Gasteiger partial charge in [-0.1, -0.05) is 24.3 Å². The third-order valence-electron chi connectivity index (χ3n) is 4.17. The van der Waals surface area contributed by atoms with Crippen molar-refractivity contribution in [3.05, 3.63) is 99.6 Å². The van der Waals surface area contributed by atoms with E-state index in [-0.39, 0.29) is 22.2 Å². The van der Waals surface area contributed by atoms with Crippen LogP contribution >= 0.6 is 0 Å². The first kappa shape index (κ1) is 21.7. The van der Waals surface area contributed by atoms with Crippen LogP contribution in [0.3, 0.4) is 0 Å². The number of amides is 1. The number of hydrogen-bond donors (Lipinski definition) is 1. The normalized spacial score (nSPS) is 11.3. The van der Waals surface area contributed by atoms with Crippen LogP contribution in [0.15, 0.2) is 82.8 Å². The van der Waals surface area contributed by atoms with Crippen molar-refractivity contribution in [1.82, 2.24) is 5.43 Å². The predicted molar refractivity (Wildman–Crippen MR) is 114 cm³/mol. The first-order valence-corrected chi connectivity index (χ1v) is 10.3. The summed E-state index contributed by atoms with van der Waals surface area (Å²) in [6.45, 7) is 1.51. The van der Waals surface area contributed by atoms with Crippen molar-refractivity contribution in [2.45, 2.75) is 11.8 Å². The van der Waals surface area contributed by atoms with Crippen LogP contribution in [0, 0.1) is 17.0 Å². The fraction of sp³-hybridized carbons (Fsp3) is 0.0476. The van der Waals surface area contributed by atoms with E-state index in [1.807, 2.05) is 0 Å². The Morgan fingerprint density at radius 2 is 1.74 bits per heavy atom. The highest BCUT2D eigenvalue weighted by molar-refractivity contribution is 7.87. The second-order valence-electron chi connectivity index (χ2n) is 6.38. The number of nitrogens with zero attached hydrogens (tertiary/aromatic N) is 2. The summed E-state index contributed by atoms with van der Waals surface area (Å²) in [6.07, 6.45) is 1.39. The SMILES string of the molecule is Cc1ccc(S(=O)(=O)Oc2ccc(/C=N\NC(=O)c3ccccc3)cc2)cc1[N+](=O)[O-]. The zero-order valence-electron chi connectivity index (χ0n) is 16.3. The summed E-state index contributed by atoms with van der Waals surface area (Å²) < 4.78 is 29.9. The van der Waals surface area contributed by atoms with Crippen molar-refractivity contribution in [3.63, 3.8) is 0 Å². The third kappa shape index (κ3) is 5.52. The van der Waals surface area contributed by atoms with E-state index in [9.17, 15) is 23.3 Å². The number of hydrazone groups is 1. The molecule has 0 saturated carbocycles. The van der Waals surface area contributed by atoms with Gasteiger partial charge in [-0.3, -0.25) is 14.9 Å². The van der Waals surface area contributed by atoms with Crippen molar-refractivity contribution in [3.8, 4) is 5.75 Å². The van der Waals surface area contributed by atoms with Gasteiger partial charge < -0.3 is 4.18 Å². The minimum absolute atomic E-state index is 0.0219. The molecule has 0 heterocycles. The molecular weight excluding hydrogens is 422 g/mol. The molecule has 0 bridgehead atoms. The molecule has 0 spiro atoms. The Morgan fingerprint density at radius 3 is 2.39 bits per heavy atom. The fourth-order valence-electron chi connectivity index (χ4n) is 2.55. The summed E-state index contributed by atoms with van der Waals surface area (Å²) in [5.41, 5.74) is 3.47. The summed E-state index contributed by atoms with van der Waals surface area (Å²) in [5, 5.41) is 14.9. The monoisotopic (exact) mass is 439 g/mol. The Bertz CT molecular complexity index is 1240. The van der Waals surface area contributed by atoms with E-state index in [2.05, 4.69) is 10.5 Å². The Kier molecular flexibility index (Phi) is 6.41. The lowest BCUT2D eigenvalue weighted by atomic mass is 10.2. The quantitative estimate of drug-likeness (QED) is 0.260. The summed E-state index contributed by atoms with van der Waals surface area (Å²) in [5.74, 6) is -0.344. The Morgan fingerprint density at radius 1 is 1.06 bits per heavy atom. The highest BCUT2D eigenvalue weighted by Gasteiger charge is 2.21. The van der Waals surface area contributed by atoms with Gasteiger partial charge in [0.25, 0.3) is 11.6 Å². The summed E-state index contributed by atoms with van der Waals surface area (Å²) in [7, 11) is -4.25. The molecule has 0 aliphatic carbocycles. The molecule has 3 rings (SSSR count). The number of benzene rings is 3. The lowest BCUT2D eigenvalue weighted by molar-refractivity contribution is -0.385. The molecule has 158 valence electrons. The highest BCUT2D eigenvalue weighted by Crippen LogP contribution is 2.25. The molecule has 0 unspecified atom stereocenters. The van der Waals surface area contributed by atoms with Crippen LogP contribution in [-0.2, 0) is 10.1 Å². The molecule has 0 fully saturated rings. The first-order valence-electron chi connectivity index (χ1n) is 8.94. The lowest BCUT2D eigenvalue weighted by Crippen LogP contribution is -2.17. The number of hydrogen-bond acceptors (Lipinski definition) is 7. The van der Waals surface area contributed by atoms with Crippen LogP contribution < -0.4 is 9.61 Å². The van der Waals surface area contributed by atoms with Gasteiger partial charge in [0, 0.05) is 17.2 Å². The van der Waals surface area contributed by atoms with Gasteiger partial charge in [-0.2, -0.15) is 13.5 Å². The molecule has 9 nitrogen and oxygen atoms in total. The van der Waals surface area contributed by atoms with E-state index < -0.39 is 15.0 Å². The molecule has 1 amide bonds. The Labute approximate surface area is 178 Å². The van der Waals surface area contributed by atoms with E-state index in [1.165, 1.54) is 37.4 Å². The van der Waals surface area contributed by atoms with E-state index in [0.717, 1.165) is 6.07 Å². The summed E-state index contributed by atoms with van der Waals surface area (Å²) in [6, 6.07) is 18.0. The molecule has 0 aliphatic heterocycles. The van der Waals surface area contributed by atoms with Gasteiger partial charge >= 0.3 is 10.1 Å². The van der Waals surface area contributed by atoms with Gasteiger partial charge in [-0.25, -0.2) is 5.43 Å². The third-order valence-corrected chi connectivity index (χ3v) is 5.41. The first-order chi connectivity index (χ1) is 14.8. The van der Waals surface area contributed by atoms with Crippen LogP contribution in [0.25, 0.3) is 0 Å². The number of aryl methyl sites for hydroxylation is 1. The van der Waals surface area contributed by atoms with Crippen LogP contribution in [0.4, 0.5) is 5.69 Å². The standard InChI is InChI=1S/C21H17N3O6S/c1-15-7-12-19(13-20(15)24(26)27)31(28,29)30-18-10-8-16(9-11-18)14-22-23-21(25)17-5-3-2-4-6-17/h2-14H,1H3,(H,23,25)/b22-14-. The second-order valence-corrected chi connectivity index (χ2v) is 7.92. The minimum Gasteiger partial charge on any atom is -0.379 e. The average molecular weight is 439 g/mol. The smallest absolute Gasteiger partial charge is 0.339 e. The molecule has 0 radical (unpaired) electrons. The van der Waals surface area contributed by atoms with E-state index in [4.69, 9.17) is 4.18 Å². The van der Waals surface area contributed by atoms with Crippen LogP contribution in [0.1, 0.15) is 21.5 Å². The van der Waals surface area contributed by atoms with E-state index in [0.29, 0.717) is 16.7 Å². The Hall–Kier alpha value is -4.05. The maximum atomic E-state index is 12.4.